The molecule has 0 radical (unpaired) electrons. The Balaban J connectivity index is 0.00000176. The van der Waals surface area contributed by atoms with Crippen LogP contribution in [0.3, 0.4) is 0 Å². The van der Waals surface area contributed by atoms with Crippen molar-refractivity contribution in [3.8, 4) is 0 Å². The number of nitrogens with zero attached hydrogens (tertiary/aromatic N) is 1. The van der Waals surface area contributed by atoms with E-state index in [2.05, 4.69) is 33.0 Å². The van der Waals surface area contributed by atoms with E-state index in [4.69, 9.17) is 0 Å². The van der Waals surface area contributed by atoms with Crippen molar-refractivity contribution in [2.24, 2.45) is 0 Å². The van der Waals surface area contributed by atoms with Crippen LogP contribution in [-0.2, 0) is 19.4 Å². The molecule has 0 unspecified atom stereocenters. The molecule has 2 aromatic rings. The fraction of sp³-hybridized carbons (Fsp3) is 0.375. The van der Waals surface area contributed by atoms with Gasteiger partial charge in [0.25, 0.3) is 5.91 Å². The zero-order chi connectivity index (χ0) is 14.5. The summed E-state index contributed by atoms with van der Waals surface area (Å²) in [5.74, 6) is -0.0794. The number of nitrogens with one attached hydrogen (secondary N) is 3. The fourth-order valence-corrected chi connectivity index (χ4v) is 2.64. The lowest BCUT2D eigenvalue weighted by molar-refractivity contribution is 0.0947. The van der Waals surface area contributed by atoms with Crippen LogP contribution in [0.25, 0.3) is 0 Å². The number of amides is 1. The molecule has 1 aromatic carbocycles. The lowest BCUT2D eigenvalue weighted by Crippen LogP contribution is -2.29. The number of H-pyrrole nitrogens is 1. The Bertz CT molecular complexity index is 612. The zero-order valence-corrected chi connectivity index (χ0v) is 13.2. The van der Waals surface area contributed by atoms with Gasteiger partial charge in [-0.3, -0.25) is 9.89 Å². The molecule has 0 saturated heterocycles. The number of halogens is 1. The first kappa shape index (κ1) is 16.5. The van der Waals surface area contributed by atoms with Gasteiger partial charge in [-0.15, -0.1) is 12.4 Å². The first-order chi connectivity index (χ1) is 10.3. The average molecular weight is 321 g/mol. The van der Waals surface area contributed by atoms with Crippen molar-refractivity contribution in [2.45, 2.75) is 25.8 Å². The monoisotopic (exact) mass is 320 g/mol. The van der Waals surface area contributed by atoms with Crippen molar-refractivity contribution >= 4 is 18.3 Å². The highest BCUT2D eigenvalue weighted by Gasteiger charge is 2.20. The molecule has 0 saturated carbocycles. The lowest BCUT2D eigenvalue weighted by Gasteiger charge is -2.12. The van der Waals surface area contributed by atoms with Gasteiger partial charge in [-0.25, -0.2) is 0 Å². The molecule has 2 heterocycles. The van der Waals surface area contributed by atoms with Crippen molar-refractivity contribution in [3.05, 3.63) is 52.8 Å². The maximum atomic E-state index is 12.2. The summed E-state index contributed by atoms with van der Waals surface area (Å²) in [6.07, 6.45) is 2.81. The van der Waals surface area contributed by atoms with Crippen molar-refractivity contribution in [2.75, 3.05) is 13.1 Å². The largest absolute Gasteiger partial charge is 0.351 e. The van der Waals surface area contributed by atoms with Crippen LogP contribution in [0.5, 0.6) is 0 Å². The summed E-state index contributed by atoms with van der Waals surface area (Å²) in [7, 11) is 0. The molecule has 5 nitrogen and oxygen atoms in total. The molecule has 0 aliphatic carbocycles. The van der Waals surface area contributed by atoms with Gasteiger partial charge in [-0.05, 0) is 18.4 Å². The predicted molar refractivity (Wildman–Crippen MR) is 88.3 cm³/mol. The number of hydrogen-bond acceptors (Lipinski definition) is 3. The Kier molecular flexibility index (Phi) is 5.98. The summed E-state index contributed by atoms with van der Waals surface area (Å²) in [6, 6.07) is 10.3. The average Bonchev–Trinajstić information content (AvgIpc) is 2.96. The van der Waals surface area contributed by atoms with Crippen LogP contribution in [-0.4, -0.2) is 29.2 Å². The van der Waals surface area contributed by atoms with E-state index >= 15 is 0 Å². The molecule has 22 heavy (non-hydrogen) atoms. The Hall–Kier alpha value is -1.85. The zero-order valence-electron chi connectivity index (χ0n) is 12.4. The molecule has 1 aliphatic heterocycles. The van der Waals surface area contributed by atoms with Gasteiger partial charge in [0.1, 0.15) is 0 Å². The molecule has 0 bridgehead atoms. The second-order valence-electron chi connectivity index (χ2n) is 5.30. The van der Waals surface area contributed by atoms with Crippen LogP contribution in [0.2, 0.25) is 0 Å². The minimum absolute atomic E-state index is 0. The van der Waals surface area contributed by atoms with Gasteiger partial charge < -0.3 is 10.6 Å². The summed E-state index contributed by atoms with van der Waals surface area (Å²) in [4.78, 5) is 12.2. The second-order valence-corrected chi connectivity index (χ2v) is 5.30. The van der Waals surface area contributed by atoms with E-state index < -0.39 is 0 Å². The first-order valence-corrected chi connectivity index (χ1v) is 7.43. The van der Waals surface area contributed by atoms with E-state index in [0.717, 1.165) is 43.6 Å². The van der Waals surface area contributed by atoms with Crippen LogP contribution >= 0.6 is 12.4 Å². The number of benzene rings is 1. The summed E-state index contributed by atoms with van der Waals surface area (Å²) in [6.45, 7) is 2.33. The third-order valence-electron chi connectivity index (χ3n) is 3.79. The molecule has 1 aliphatic rings. The SMILES string of the molecule is Cl.O=C(NCCCc1ccccc1)c1n[nH]c2c1CNCC2. The van der Waals surface area contributed by atoms with E-state index in [1.807, 2.05) is 18.2 Å². The van der Waals surface area contributed by atoms with Crippen molar-refractivity contribution < 1.29 is 4.79 Å². The number of carbonyl (C=O) groups excluding carboxylic acids is 1. The van der Waals surface area contributed by atoms with Crippen molar-refractivity contribution in [1.29, 1.82) is 0 Å². The predicted octanol–water partition coefficient (Wildman–Crippen LogP) is 1.84. The van der Waals surface area contributed by atoms with Gasteiger partial charge in [0.2, 0.25) is 0 Å². The van der Waals surface area contributed by atoms with E-state index in [9.17, 15) is 4.79 Å². The van der Waals surface area contributed by atoms with E-state index in [1.165, 1.54) is 5.56 Å². The van der Waals surface area contributed by atoms with Crippen molar-refractivity contribution in [1.82, 2.24) is 20.8 Å². The van der Waals surface area contributed by atoms with E-state index in [0.29, 0.717) is 12.2 Å². The maximum absolute atomic E-state index is 12.2. The van der Waals surface area contributed by atoms with Crippen LogP contribution in [0.15, 0.2) is 30.3 Å². The van der Waals surface area contributed by atoms with Gasteiger partial charge in [-0.2, -0.15) is 5.10 Å². The minimum atomic E-state index is -0.0794. The van der Waals surface area contributed by atoms with Crippen molar-refractivity contribution in [3.63, 3.8) is 0 Å². The van der Waals surface area contributed by atoms with E-state index in [-0.39, 0.29) is 18.3 Å². The molecule has 6 heteroatoms. The van der Waals surface area contributed by atoms with Gasteiger partial charge in [0.05, 0.1) is 0 Å². The molecule has 118 valence electrons. The fourth-order valence-electron chi connectivity index (χ4n) is 2.64. The molecule has 3 N–H and O–H groups in total. The lowest BCUT2D eigenvalue weighted by atomic mass is 10.1. The number of carbonyl (C=O) groups is 1. The quantitative estimate of drug-likeness (QED) is 0.736. The normalized spacial score (nSPS) is 13.1. The molecular formula is C16H21ClN4O. The summed E-state index contributed by atoms with van der Waals surface area (Å²) < 4.78 is 0. The molecule has 1 aromatic heterocycles. The number of aryl methyl sites for hydroxylation is 1. The number of fused-ring (bicyclic) bond motifs is 1. The highest BCUT2D eigenvalue weighted by atomic mass is 35.5. The van der Waals surface area contributed by atoms with Gasteiger partial charge in [-0.1, -0.05) is 30.3 Å². The number of rotatable bonds is 5. The van der Waals surface area contributed by atoms with Gasteiger partial charge >= 0.3 is 0 Å². The van der Waals surface area contributed by atoms with Gasteiger partial charge in [0.15, 0.2) is 5.69 Å². The third-order valence-corrected chi connectivity index (χ3v) is 3.79. The topological polar surface area (TPSA) is 69.8 Å². The number of aromatic nitrogens is 2. The van der Waals surface area contributed by atoms with Crippen LogP contribution in [0.1, 0.15) is 33.7 Å². The highest BCUT2D eigenvalue weighted by molar-refractivity contribution is 5.94. The first-order valence-electron chi connectivity index (χ1n) is 7.43. The van der Waals surface area contributed by atoms with Crippen LogP contribution < -0.4 is 10.6 Å². The molecular weight excluding hydrogens is 300 g/mol. The maximum Gasteiger partial charge on any atom is 0.272 e. The van der Waals surface area contributed by atoms with Crippen LogP contribution in [0.4, 0.5) is 0 Å². The molecule has 3 rings (SSSR count). The Labute approximate surface area is 136 Å². The smallest absolute Gasteiger partial charge is 0.272 e. The number of aromatic amines is 1. The Morgan fingerprint density at radius 2 is 2.09 bits per heavy atom. The number of hydrogen-bond donors (Lipinski definition) is 3. The standard InChI is InChI=1S/C16H20N4O.ClH/c21-16(15-13-11-17-10-8-14(13)19-20-15)18-9-4-7-12-5-2-1-3-6-12;/h1-3,5-6,17H,4,7-11H2,(H,18,21)(H,19,20);1H. The molecule has 0 atom stereocenters. The highest BCUT2D eigenvalue weighted by Crippen LogP contribution is 2.15. The summed E-state index contributed by atoms with van der Waals surface area (Å²) in [5.41, 5.74) is 3.94. The summed E-state index contributed by atoms with van der Waals surface area (Å²) in [5, 5.41) is 13.4. The molecule has 0 fully saturated rings. The minimum Gasteiger partial charge on any atom is -0.351 e. The summed E-state index contributed by atoms with van der Waals surface area (Å²) >= 11 is 0. The molecule has 0 spiro atoms. The second kappa shape index (κ2) is 7.96. The third kappa shape index (κ3) is 3.87. The molecule has 1 amide bonds. The Morgan fingerprint density at radius 1 is 1.27 bits per heavy atom. The van der Waals surface area contributed by atoms with E-state index in [1.54, 1.807) is 0 Å². The Morgan fingerprint density at radius 3 is 2.91 bits per heavy atom. The van der Waals surface area contributed by atoms with Crippen LogP contribution in [0, 0.1) is 0 Å². The van der Waals surface area contributed by atoms with Gasteiger partial charge in [0, 0.05) is 37.3 Å².